The molecule has 0 radical (unpaired) electrons. The molecule has 0 atom stereocenters. The first-order valence-electron chi connectivity index (χ1n) is 18.9. The van der Waals surface area contributed by atoms with E-state index in [0.29, 0.717) is 23.7 Å². The Balaban J connectivity index is 1.05. The number of hydrogen-bond donors (Lipinski definition) is 0. The molecule has 3 saturated heterocycles. The first-order valence-corrected chi connectivity index (χ1v) is 18.9. The van der Waals surface area contributed by atoms with Crippen molar-refractivity contribution < 1.29 is 28.4 Å². The van der Waals surface area contributed by atoms with Crippen molar-refractivity contribution in [2.24, 2.45) is 39.4 Å². The van der Waals surface area contributed by atoms with Gasteiger partial charge in [-0.05, 0) is 119 Å². The van der Waals surface area contributed by atoms with Crippen molar-refractivity contribution >= 4 is 0 Å². The molecule has 3 saturated carbocycles. The molecule has 6 heteroatoms. The molecule has 0 amide bonds. The summed E-state index contributed by atoms with van der Waals surface area (Å²) in [7, 11) is 0. The van der Waals surface area contributed by atoms with Crippen molar-refractivity contribution in [3.8, 4) is 0 Å². The molecule has 3 aliphatic heterocycles. The summed E-state index contributed by atoms with van der Waals surface area (Å²) in [6.07, 6.45) is 20.2. The molecule has 0 aromatic carbocycles. The summed E-state index contributed by atoms with van der Waals surface area (Å²) in [5.41, 5.74) is 1.28. The monoisotopic (exact) mass is 618 g/mol. The summed E-state index contributed by atoms with van der Waals surface area (Å²) in [5.74, 6) is 2.43. The van der Waals surface area contributed by atoms with Crippen LogP contribution in [0, 0.1) is 39.4 Å². The van der Waals surface area contributed by atoms with Crippen molar-refractivity contribution in [2.75, 3.05) is 59.5 Å². The molecule has 3 heterocycles. The van der Waals surface area contributed by atoms with Crippen molar-refractivity contribution in [1.29, 1.82) is 0 Å². The Morgan fingerprint density at radius 3 is 0.886 bits per heavy atom. The average molecular weight is 619 g/mol. The van der Waals surface area contributed by atoms with E-state index in [9.17, 15) is 0 Å². The quantitative estimate of drug-likeness (QED) is 0.185. The summed E-state index contributed by atoms with van der Waals surface area (Å²) >= 11 is 0. The maximum absolute atomic E-state index is 6.59. The third-order valence-electron chi connectivity index (χ3n) is 14.2. The Bertz CT molecular complexity index is 741. The van der Waals surface area contributed by atoms with Gasteiger partial charge in [-0.1, -0.05) is 27.7 Å². The molecule has 6 rings (SSSR count). The molecule has 6 nitrogen and oxygen atoms in total. The molecule has 0 spiro atoms. The molecular formula is C38H66O6. The molecular weight excluding hydrogens is 552 g/mol. The van der Waals surface area contributed by atoms with E-state index in [2.05, 4.69) is 27.7 Å². The second-order valence-corrected chi connectivity index (χ2v) is 16.8. The van der Waals surface area contributed by atoms with Gasteiger partial charge in [-0.2, -0.15) is 0 Å². The lowest BCUT2D eigenvalue weighted by molar-refractivity contribution is -0.172. The van der Waals surface area contributed by atoms with Gasteiger partial charge < -0.3 is 28.4 Å². The first-order chi connectivity index (χ1) is 21.4. The van der Waals surface area contributed by atoms with Gasteiger partial charge in [-0.3, -0.25) is 0 Å². The topological polar surface area (TPSA) is 55.4 Å². The summed E-state index contributed by atoms with van der Waals surface area (Å²) in [6, 6.07) is 0. The molecule has 3 aliphatic carbocycles. The van der Waals surface area contributed by atoms with E-state index in [1.165, 1.54) is 96.3 Å². The minimum absolute atomic E-state index is 0.289. The summed E-state index contributed by atoms with van der Waals surface area (Å²) in [6.45, 7) is 17.6. The third-order valence-corrected chi connectivity index (χ3v) is 14.2. The predicted octanol–water partition coefficient (Wildman–Crippen LogP) is 8.00. The lowest BCUT2D eigenvalue weighted by Gasteiger charge is -2.54. The SMILES string of the molecule is CCC1(COC2CCC(C(C)(C3CCC(OCC4(CC)COC4)CC3)C3CCC(OCC4(CC)COC4)CC3)CC2)COC1. The van der Waals surface area contributed by atoms with Crippen molar-refractivity contribution in [1.82, 2.24) is 0 Å². The number of hydrogen-bond acceptors (Lipinski definition) is 6. The van der Waals surface area contributed by atoms with Gasteiger partial charge in [-0.25, -0.2) is 0 Å². The van der Waals surface area contributed by atoms with Crippen LogP contribution in [0.15, 0.2) is 0 Å². The molecule has 0 N–H and O–H groups in total. The maximum Gasteiger partial charge on any atom is 0.0575 e. The summed E-state index contributed by atoms with van der Waals surface area (Å²) in [5, 5.41) is 0. The van der Waals surface area contributed by atoms with Crippen LogP contribution in [0.2, 0.25) is 0 Å². The van der Waals surface area contributed by atoms with Crippen molar-refractivity contribution in [3.63, 3.8) is 0 Å². The van der Waals surface area contributed by atoms with Gasteiger partial charge in [0, 0.05) is 16.2 Å². The van der Waals surface area contributed by atoms with Crippen LogP contribution in [0.3, 0.4) is 0 Å². The van der Waals surface area contributed by atoms with Crippen molar-refractivity contribution in [3.05, 3.63) is 0 Å². The number of rotatable bonds is 15. The Morgan fingerprint density at radius 2 is 0.705 bits per heavy atom. The fourth-order valence-electron chi connectivity index (χ4n) is 9.78. The smallest absolute Gasteiger partial charge is 0.0575 e. The van der Waals surface area contributed by atoms with Crippen LogP contribution in [0.1, 0.15) is 124 Å². The minimum Gasteiger partial charge on any atom is -0.380 e. The minimum atomic E-state index is 0.289. The predicted molar refractivity (Wildman–Crippen MR) is 174 cm³/mol. The summed E-state index contributed by atoms with van der Waals surface area (Å²) < 4.78 is 36.4. The second-order valence-electron chi connectivity index (χ2n) is 16.8. The van der Waals surface area contributed by atoms with Gasteiger partial charge in [-0.15, -0.1) is 0 Å². The van der Waals surface area contributed by atoms with Gasteiger partial charge in [0.05, 0.1) is 77.8 Å². The van der Waals surface area contributed by atoms with E-state index in [0.717, 1.165) is 77.2 Å². The fourth-order valence-corrected chi connectivity index (χ4v) is 9.78. The van der Waals surface area contributed by atoms with Crippen molar-refractivity contribution in [2.45, 2.75) is 142 Å². The van der Waals surface area contributed by atoms with Crippen LogP contribution in [0.5, 0.6) is 0 Å². The molecule has 254 valence electrons. The van der Waals surface area contributed by atoms with Gasteiger partial charge in [0.2, 0.25) is 0 Å². The highest BCUT2D eigenvalue weighted by Crippen LogP contribution is 2.57. The maximum atomic E-state index is 6.59. The molecule has 0 aromatic heterocycles. The van der Waals surface area contributed by atoms with Crippen LogP contribution >= 0.6 is 0 Å². The van der Waals surface area contributed by atoms with E-state index in [1.807, 2.05) is 0 Å². The zero-order valence-electron chi connectivity index (χ0n) is 28.9. The van der Waals surface area contributed by atoms with Crippen LogP contribution in [-0.2, 0) is 28.4 Å². The average Bonchev–Trinajstić information content (AvgIpc) is 3.01. The number of ether oxygens (including phenoxy) is 6. The summed E-state index contributed by atoms with van der Waals surface area (Å²) in [4.78, 5) is 0. The van der Waals surface area contributed by atoms with Crippen LogP contribution < -0.4 is 0 Å². The Hall–Kier alpha value is -0.240. The van der Waals surface area contributed by atoms with Crippen LogP contribution in [0.25, 0.3) is 0 Å². The largest absolute Gasteiger partial charge is 0.380 e. The lowest BCUT2D eigenvalue weighted by atomic mass is 9.52. The Kier molecular flexibility index (Phi) is 11.1. The van der Waals surface area contributed by atoms with E-state index in [1.54, 1.807) is 0 Å². The normalized spacial score (nSPS) is 37.6. The molecule has 0 bridgehead atoms. The molecule has 44 heavy (non-hydrogen) atoms. The first kappa shape index (κ1) is 33.7. The van der Waals surface area contributed by atoms with E-state index < -0.39 is 0 Å². The lowest BCUT2D eigenvalue weighted by Crippen LogP contribution is -2.49. The Morgan fingerprint density at radius 1 is 0.455 bits per heavy atom. The zero-order chi connectivity index (χ0) is 30.7. The molecule has 0 unspecified atom stereocenters. The Labute approximate surface area is 269 Å². The van der Waals surface area contributed by atoms with Crippen LogP contribution in [-0.4, -0.2) is 77.8 Å². The molecule has 0 aromatic rings. The molecule has 6 aliphatic rings. The molecule has 6 fully saturated rings. The standard InChI is InChI=1S/C38H66O6/c1-5-36(20-39-21-36)26-42-32-14-8-29(9-15-32)35(4,30-10-16-33(17-11-30)43-27-37(6-2)22-40-23-37)31-12-18-34(19-13-31)44-28-38(7-3)24-41-25-38/h29-34H,5-28H2,1-4H3. The van der Waals surface area contributed by atoms with E-state index in [4.69, 9.17) is 28.4 Å². The van der Waals surface area contributed by atoms with E-state index in [-0.39, 0.29) is 16.2 Å². The zero-order valence-corrected chi connectivity index (χ0v) is 28.9. The van der Waals surface area contributed by atoms with Gasteiger partial charge >= 0.3 is 0 Å². The highest BCUT2D eigenvalue weighted by molar-refractivity contribution is 4.99. The highest BCUT2D eigenvalue weighted by Gasteiger charge is 2.50. The van der Waals surface area contributed by atoms with Gasteiger partial charge in [0.15, 0.2) is 0 Å². The van der Waals surface area contributed by atoms with Gasteiger partial charge in [0.1, 0.15) is 0 Å². The van der Waals surface area contributed by atoms with E-state index >= 15 is 0 Å². The second kappa shape index (κ2) is 14.5. The van der Waals surface area contributed by atoms with Crippen LogP contribution in [0.4, 0.5) is 0 Å². The van der Waals surface area contributed by atoms with Gasteiger partial charge in [0.25, 0.3) is 0 Å². The third kappa shape index (κ3) is 7.11. The highest BCUT2D eigenvalue weighted by atomic mass is 16.5. The fraction of sp³-hybridized carbons (Fsp3) is 1.00.